The van der Waals surface area contributed by atoms with E-state index in [1.807, 2.05) is 19.9 Å². The van der Waals surface area contributed by atoms with E-state index in [2.05, 4.69) is 4.98 Å². The first-order chi connectivity index (χ1) is 17.5. The van der Waals surface area contributed by atoms with E-state index in [0.717, 1.165) is 15.8 Å². The number of hydrogen-bond acceptors (Lipinski definition) is 8. The number of benzene rings is 1. The number of aromatic amines is 2. The van der Waals surface area contributed by atoms with Gasteiger partial charge in [0.2, 0.25) is 5.82 Å². The molecule has 194 valence electrons. The molecule has 0 unspecified atom stereocenters. The summed E-state index contributed by atoms with van der Waals surface area (Å²) in [5.74, 6) is -2.12. The van der Waals surface area contributed by atoms with Crippen molar-refractivity contribution in [1.29, 1.82) is 0 Å². The average Bonchev–Trinajstić information content (AvgIpc) is 3.38. The molecule has 0 bridgehead atoms. The van der Waals surface area contributed by atoms with E-state index in [1.165, 1.54) is 24.3 Å². The van der Waals surface area contributed by atoms with Crippen molar-refractivity contribution in [3.05, 3.63) is 95.8 Å². The number of nitrogens with zero attached hydrogens (tertiary/aromatic N) is 2. The van der Waals surface area contributed by atoms with Crippen molar-refractivity contribution in [3.63, 3.8) is 0 Å². The summed E-state index contributed by atoms with van der Waals surface area (Å²) in [6.07, 6.45) is -1.41. The smallest absolute Gasteiger partial charge is 0.339 e. The van der Waals surface area contributed by atoms with Crippen LogP contribution in [0.5, 0.6) is 0 Å². The molecular formula is C24H23FN4O8. The third kappa shape index (κ3) is 5.42. The minimum absolute atomic E-state index is 0.0326. The Morgan fingerprint density at radius 1 is 1.32 bits per heavy atom. The van der Waals surface area contributed by atoms with Gasteiger partial charge in [0, 0.05) is 23.9 Å². The number of esters is 1. The summed E-state index contributed by atoms with van der Waals surface area (Å²) in [4.78, 5) is 52.4. The molecule has 3 N–H and O–H groups in total. The van der Waals surface area contributed by atoms with Gasteiger partial charge in [0.1, 0.15) is 18.9 Å². The van der Waals surface area contributed by atoms with Gasteiger partial charge < -0.3 is 19.6 Å². The first kappa shape index (κ1) is 25.7. The molecule has 3 aromatic rings. The van der Waals surface area contributed by atoms with Crippen LogP contribution in [-0.2, 0) is 14.3 Å². The van der Waals surface area contributed by atoms with Gasteiger partial charge in [-0.3, -0.25) is 24.5 Å². The zero-order valence-electron chi connectivity index (χ0n) is 19.8. The number of aromatic nitrogens is 3. The van der Waals surface area contributed by atoms with E-state index in [4.69, 9.17) is 9.47 Å². The number of ether oxygens (including phenoxy) is 2. The maximum absolute atomic E-state index is 13.7. The first-order valence-corrected chi connectivity index (χ1v) is 11.2. The Kier molecular flexibility index (Phi) is 7.18. The van der Waals surface area contributed by atoms with Crippen LogP contribution in [0, 0.1) is 29.8 Å². The van der Waals surface area contributed by atoms with E-state index in [1.54, 1.807) is 11.1 Å². The lowest BCUT2D eigenvalue weighted by molar-refractivity contribution is -0.385. The normalized spacial score (nSPS) is 19.7. The van der Waals surface area contributed by atoms with Crippen LogP contribution in [0.1, 0.15) is 35.2 Å². The highest BCUT2D eigenvalue weighted by atomic mass is 19.1. The third-order valence-electron chi connectivity index (χ3n) is 5.91. The number of hydrogen-bond donors (Lipinski definition) is 3. The summed E-state index contributed by atoms with van der Waals surface area (Å²) in [6.45, 7) is 3.17. The molecule has 0 amide bonds. The second-order valence-corrected chi connectivity index (χ2v) is 8.56. The number of rotatable bonds is 7. The SMILES string of the molecule is Cc1cc(C)c(/C=C(\C(=O)OC[C@H]2O[C@@H](n3cc(F)c(=O)[nH]c3=O)C[C@@H]2O)c2ccccc2[N+](=O)[O-])[nH]1. The third-order valence-corrected chi connectivity index (χ3v) is 5.91. The molecule has 1 fully saturated rings. The molecule has 13 heteroatoms. The highest BCUT2D eigenvalue weighted by Crippen LogP contribution is 2.31. The minimum atomic E-state index is -1.21. The average molecular weight is 514 g/mol. The molecule has 12 nitrogen and oxygen atoms in total. The number of nitro benzene ring substituents is 1. The molecule has 1 aliphatic rings. The van der Waals surface area contributed by atoms with Gasteiger partial charge in [-0.1, -0.05) is 12.1 Å². The number of para-hydroxylation sites is 1. The van der Waals surface area contributed by atoms with E-state index in [9.17, 15) is 34.0 Å². The first-order valence-electron chi connectivity index (χ1n) is 11.2. The summed E-state index contributed by atoms with van der Waals surface area (Å²) < 4.78 is 25.4. The van der Waals surface area contributed by atoms with E-state index in [-0.39, 0.29) is 23.2 Å². The second kappa shape index (κ2) is 10.3. The Balaban J connectivity index is 1.58. The van der Waals surface area contributed by atoms with E-state index in [0.29, 0.717) is 11.9 Å². The molecule has 1 aliphatic heterocycles. The maximum Gasteiger partial charge on any atom is 0.339 e. The van der Waals surface area contributed by atoms with Crippen LogP contribution < -0.4 is 11.2 Å². The Bertz CT molecular complexity index is 1500. The molecule has 0 spiro atoms. The molecule has 0 saturated carbocycles. The summed E-state index contributed by atoms with van der Waals surface area (Å²) in [5, 5.41) is 22.0. The van der Waals surface area contributed by atoms with Crippen molar-refractivity contribution in [2.24, 2.45) is 0 Å². The molecule has 37 heavy (non-hydrogen) atoms. The van der Waals surface area contributed by atoms with Gasteiger partial charge in [-0.25, -0.2) is 9.59 Å². The number of carbonyl (C=O) groups is 1. The number of aryl methyl sites for hydroxylation is 2. The predicted octanol–water partition coefficient (Wildman–Crippen LogP) is 1.96. The number of aliphatic hydroxyl groups excluding tert-OH is 1. The van der Waals surface area contributed by atoms with Gasteiger partial charge in [0.25, 0.3) is 11.2 Å². The van der Waals surface area contributed by atoms with Crippen LogP contribution in [-0.4, -0.2) is 49.3 Å². The number of halogens is 1. The van der Waals surface area contributed by atoms with Crippen molar-refractivity contribution in [1.82, 2.24) is 14.5 Å². The van der Waals surface area contributed by atoms with Gasteiger partial charge in [0.15, 0.2) is 0 Å². The highest BCUT2D eigenvalue weighted by Gasteiger charge is 2.37. The van der Waals surface area contributed by atoms with Gasteiger partial charge in [0.05, 0.1) is 28.4 Å². The largest absolute Gasteiger partial charge is 0.459 e. The van der Waals surface area contributed by atoms with E-state index < -0.39 is 53.0 Å². The molecule has 3 heterocycles. The maximum atomic E-state index is 13.7. The lowest BCUT2D eigenvalue weighted by atomic mass is 10.0. The van der Waals surface area contributed by atoms with Gasteiger partial charge in [-0.15, -0.1) is 0 Å². The zero-order valence-corrected chi connectivity index (χ0v) is 19.8. The monoisotopic (exact) mass is 514 g/mol. The molecule has 1 saturated heterocycles. The van der Waals surface area contributed by atoms with Crippen molar-refractivity contribution >= 4 is 23.3 Å². The number of H-pyrrole nitrogens is 2. The van der Waals surface area contributed by atoms with Crippen molar-refractivity contribution in [2.45, 2.75) is 38.7 Å². The van der Waals surface area contributed by atoms with E-state index >= 15 is 0 Å². The van der Waals surface area contributed by atoms with Crippen LogP contribution in [0.25, 0.3) is 11.6 Å². The fourth-order valence-electron chi connectivity index (χ4n) is 4.10. The van der Waals surface area contributed by atoms with Crippen LogP contribution >= 0.6 is 0 Å². The Morgan fingerprint density at radius 3 is 2.73 bits per heavy atom. The Morgan fingerprint density at radius 2 is 2.05 bits per heavy atom. The summed E-state index contributed by atoms with van der Waals surface area (Å²) in [5.41, 5.74) is -0.307. The van der Waals surface area contributed by atoms with Crippen LogP contribution in [0.4, 0.5) is 10.1 Å². The number of aliphatic hydroxyl groups is 1. The summed E-state index contributed by atoms with van der Waals surface area (Å²) in [7, 11) is 0. The number of nitrogens with one attached hydrogen (secondary N) is 2. The molecular weight excluding hydrogens is 491 g/mol. The second-order valence-electron chi connectivity index (χ2n) is 8.56. The quantitative estimate of drug-likeness (QED) is 0.186. The molecule has 3 atom stereocenters. The highest BCUT2D eigenvalue weighted by molar-refractivity contribution is 6.22. The topological polar surface area (TPSA) is 170 Å². The number of carbonyl (C=O) groups excluding carboxylic acids is 1. The minimum Gasteiger partial charge on any atom is -0.459 e. The lowest BCUT2D eigenvalue weighted by Gasteiger charge is -2.17. The van der Waals surface area contributed by atoms with Crippen LogP contribution in [0.15, 0.2) is 46.1 Å². The molecule has 0 radical (unpaired) electrons. The Hall–Kier alpha value is -4.36. The van der Waals surface area contributed by atoms with Gasteiger partial charge in [-0.05, 0) is 37.6 Å². The fraction of sp³-hybridized carbons (Fsp3) is 0.292. The Labute approximate surface area is 208 Å². The molecule has 1 aromatic carbocycles. The van der Waals surface area contributed by atoms with Gasteiger partial charge >= 0.3 is 11.7 Å². The van der Waals surface area contributed by atoms with Gasteiger partial charge in [-0.2, -0.15) is 4.39 Å². The summed E-state index contributed by atoms with van der Waals surface area (Å²) in [6, 6.07) is 7.55. The fourth-order valence-corrected chi connectivity index (χ4v) is 4.10. The van der Waals surface area contributed by atoms with Crippen LogP contribution in [0.2, 0.25) is 0 Å². The standard InChI is InChI=1S/C24H23FN4O8/c1-12-7-13(2)26-17(12)8-15(14-5-3-4-6-18(14)29(34)35)23(32)36-11-20-19(30)9-21(37-20)28-10-16(25)22(31)27-24(28)33/h3-8,10,19-21,26,30H,9,11H2,1-2H3,(H,27,31,33)/b15-8-/t19-,20+,21+/m0/s1. The van der Waals surface area contributed by atoms with Crippen molar-refractivity contribution in [3.8, 4) is 0 Å². The van der Waals surface area contributed by atoms with Crippen molar-refractivity contribution < 1.29 is 28.7 Å². The molecule has 0 aliphatic carbocycles. The number of nitro groups is 1. The van der Waals surface area contributed by atoms with Crippen LogP contribution in [0.3, 0.4) is 0 Å². The lowest BCUT2D eigenvalue weighted by Crippen LogP contribution is -2.34. The molecule has 4 rings (SSSR count). The van der Waals surface area contributed by atoms with Crippen molar-refractivity contribution in [2.75, 3.05) is 6.61 Å². The predicted molar refractivity (Wildman–Crippen MR) is 128 cm³/mol. The zero-order chi connectivity index (χ0) is 26.9. The molecule has 2 aromatic heterocycles. The summed E-state index contributed by atoms with van der Waals surface area (Å²) >= 11 is 0.